The summed E-state index contributed by atoms with van der Waals surface area (Å²) in [6, 6.07) is 6.81. The molecule has 3 rings (SSSR count). The summed E-state index contributed by atoms with van der Waals surface area (Å²) in [5.41, 5.74) is 6.29. The number of benzene rings is 1. The number of nitrogens with one attached hydrogen (secondary N) is 2. The molecule has 0 radical (unpaired) electrons. The number of tetrazole rings is 1. The summed E-state index contributed by atoms with van der Waals surface area (Å²) < 4.78 is 1.50. The number of hydrazine groups is 1. The highest BCUT2D eigenvalue weighted by Crippen LogP contribution is 2.31. The van der Waals surface area contributed by atoms with Crippen molar-refractivity contribution in [1.29, 1.82) is 0 Å². The monoisotopic (exact) mass is 370 g/mol. The second kappa shape index (κ2) is 9.25. The summed E-state index contributed by atoms with van der Waals surface area (Å²) in [6.45, 7) is 2.21. The van der Waals surface area contributed by atoms with E-state index >= 15 is 0 Å². The molecule has 0 unspecified atom stereocenters. The zero-order chi connectivity index (χ0) is 19.1. The van der Waals surface area contributed by atoms with Gasteiger partial charge in [0.15, 0.2) is 0 Å². The van der Waals surface area contributed by atoms with Crippen LogP contribution in [-0.2, 0) is 4.79 Å². The number of nitrogens with zero attached hydrogens (tertiary/aromatic N) is 4. The molecule has 144 valence electrons. The van der Waals surface area contributed by atoms with Crippen molar-refractivity contribution in [3.05, 3.63) is 36.2 Å². The van der Waals surface area contributed by atoms with Crippen molar-refractivity contribution in [1.82, 2.24) is 31.1 Å². The van der Waals surface area contributed by atoms with Crippen LogP contribution in [0.1, 0.15) is 62.2 Å². The van der Waals surface area contributed by atoms with Gasteiger partial charge in [0.25, 0.3) is 5.91 Å². The quantitative estimate of drug-likeness (QED) is 0.761. The highest BCUT2D eigenvalue weighted by atomic mass is 16.2. The van der Waals surface area contributed by atoms with Crippen LogP contribution in [-0.4, -0.2) is 32.0 Å². The van der Waals surface area contributed by atoms with Crippen LogP contribution >= 0.6 is 0 Å². The number of carbonyl (C=O) groups excluding carboxylic acids is 2. The molecule has 0 saturated heterocycles. The van der Waals surface area contributed by atoms with E-state index in [9.17, 15) is 9.59 Å². The smallest absolute Gasteiger partial charge is 0.269 e. The highest BCUT2D eigenvalue weighted by molar-refractivity contribution is 5.95. The van der Waals surface area contributed by atoms with E-state index in [0.717, 1.165) is 37.3 Å². The van der Waals surface area contributed by atoms with E-state index in [1.165, 1.54) is 30.3 Å². The molecule has 2 N–H and O–H groups in total. The largest absolute Gasteiger partial charge is 0.273 e. The predicted molar refractivity (Wildman–Crippen MR) is 99.7 cm³/mol. The van der Waals surface area contributed by atoms with Gasteiger partial charge in [0.2, 0.25) is 5.91 Å². The van der Waals surface area contributed by atoms with Crippen molar-refractivity contribution < 1.29 is 9.59 Å². The van der Waals surface area contributed by atoms with E-state index < -0.39 is 0 Å². The van der Waals surface area contributed by atoms with Crippen LogP contribution in [0.5, 0.6) is 0 Å². The molecule has 1 heterocycles. The van der Waals surface area contributed by atoms with Gasteiger partial charge < -0.3 is 0 Å². The van der Waals surface area contributed by atoms with E-state index in [1.54, 1.807) is 24.3 Å². The zero-order valence-electron chi connectivity index (χ0n) is 15.6. The van der Waals surface area contributed by atoms with Gasteiger partial charge in [0.1, 0.15) is 6.33 Å². The molecule has 2 amide bonds. The Balaban J connectivity index is 1.44. The molecule has 8 heteroatoms. The molecule has 8 nitrogen and oxygen atoms in total. The third-order valence-electron chi connectivity index (χ3n) is 5.23. The Kier molecular flexibility index (Phi) is 6.51. The molecule has 0 spiro atoms. The lowest BCUT2D eigenvalue weighted by molar-refractivity contribution is -0.127. The molecule has 1 aromatic heterocycles. The van der Waals surface area contributed by atoms with Crippen LogP contribution in [0.15, 0.2) is 30.6 Å². The molecule has 0 atom stereocenters. The van der Waals surface area contributed by atoms with Crippen molar-refractivity contribution in [3.63, 3.8) is 0 Å². The van der Waals surface area contributed by atoms with Crippen molar-refractivity contribution in [2.45, 2.75) is 51.9 Å². The first kappa shape index (κ1) is 19.0. The van der Waals surface area contributed by atoms with Crippen LogP contribution in [0.4, 0.5) is 0 Å². The van der Waals surface area contributed by atoms with E-state index in [0.29, 0.717) is 5.56 Å². The first-order chi connectivity index (χ1) is 13.2. The molecule has 1 saturated carbocycles. The van der Waals surface area contributed by atoms with Gasteiger partial charge in [0.05, 0.1) is 5.69 Å². The van der Waals surface area contributed by atoms with Gasteiger partial charge >= 0.3 is 0 Å². The molecule has 1 aliphatic carbocycles. The van der Waals surface area contributed by atoms with E-state index in [1.807, 2.05) is 0 Å². The van der Waals surface area contributed by atoms with Crippen molar-refractivity contribution in [2.24, 2.45) is 11.8 Å². The van der Waals surface area contributed by atoms with Gasteiger partial charge in [-0.2, -0.15) is 0 Å². The number of hydrogen-bond donors (Lipinski definition) is 2. The Morgan fingerprint density at radius 3 is 2.48 bits per heavy atom. The molecule has 0 bridgehead atoms. The SMILES string of the molecule is CCCCC1CCC(C(=O)NNC(=O)c2ccc(-n3cnnn3)cc2)CC1. The maximum absolute atomic E-state index is 12.3. The molecular weight excluding hydrogens is 344 g/mol. The second-order valence-corrected chi connectivity index (χ2v) is 7.10. The Morgan fingerprint density at radius 2 is 1.85 bits per heavy atom. The van der Waals surface area contributed by atoms with Gasteiger partial charge in [-0.1, -0.05) is 26.2 Å². The summed E-state index contributed by atoms with van der Waals surface area (Å²) >= 11 is 0. The number of aromatic nitrogens is 4. The minimum Gasteiger partial charge on any atom is -0.273 e. The van der Waals surface area contributed by atoms with Crippen LogP contribution < -0.4 is 10.9 Å². The Hall–Kier alpha value is -2.77. The van der Waals surface area contributed by atoms with E-state index in [4.69, 9.17) is 0 Å². The molecule has 1 aliphatic rings. The minimum atomic E-state index is -0.344. The predicted octanol–water partition coefficient (Wildman–Crippen LogP) is 2.42. The minimum absolute atomic E-state index is 0.00892. The van der Waals surface area contributed by atoms with Crippen molar-refractivity contribution in [3.8, 4) is 5.69 Å². The Morgan fingerprint density at radius 1 is 1.11 bits per heavy atom. The van der Waals surface area contributed by atoms with Crippen LogP contribution in [0.25, 0.3) is 5.69 Å². The first-order valence-corrected chi connectivity index (χ1v) is 9.61. The maximum Gasteiger partial charge on any atom is 0.269 e. The number of hydrogen-bond acceptors (Lipinski definition) is 5. The maximum atomic E-state index is 12.3. The second-order valence-electron chi connectivity index (χ2n) is 7.10. The summed E-state index contributed by atoms with van der Waals surface area (Å²) in [5.74, 6) is 0.304. The van der Waals surface area contributed by atoms with Gasteiger partial charge in [-0.3, -0.25) is 20.4 Å². The third-order valence-corrected chi connectivity index (χ3v) is 5.23. The Labute approximate surface area is 158 Å². The molecular formula is C19H26N6O2. The summed E-state index contributed by atoms with van der Waals surface area (Å²) in [6.07, 6.45) is 9.24. The van der Waals surface area contributed by atoms with E-state index in [-0.39, 0.29) is 17.7 Å². The van der Waals surface area contributed by atoms with Crippen molar-refractivity contribution in [2.75, 3.05) is 0 Å². The summed E-state index contributed by atoms with van der Waals surface area (Å²) in [7, 11) is 0. The van der Waals surface area contributed by atoms with Gasteiger partial charge in [-0.05, 0) is 66.3 Å². The summed E-state index contributed by atoms with van der Waals surface area (Å²) in [5, 5.41) is 10.9. The average molecular weight is 370 g/mol. The number of rotatable bonds is 6. The van der Waals surface area contributed by atoms with Gasteiger partial charge in [-0.25, -0.2) is 4.68 Å². The van der Waals surface area contributed by atoms with Crippen molar-refractivity contribution >= 4 is 11.8 Å². The lowest BCUT2D eigenvalue weighted by atomic mass is 9.79. The zero-order valence-corrected chi connectivity index (χ0v) is 15.6. The summed E-state index contributed by atoms with van der Waals surface area (Å²) in [4.78, 5) is 24.5. The van der Waals surface area contributed by atoms with Gasteiger partial charge in [0, 0.05) is 11.5 Å². The molecule has 1 aromatic carbocycles. The third kappa shape index (κ3) is 5.12. The lowest BCUT2D eigenvalue weighted by Gasteiger charge is -2.27. The molecule has 1 fully saturated rings. The fourth-order valence-corrected chi connectivity index (χ4v) is 3.54. The highest BCUT2D eigenvalue weighted by Gasteiger charge is 2.26. The molecule has 0 aliphatic heterocycles. The number of amides is 2. The first-order valence-electron chi connectivity index (χ1n) is 9.61. The fourth-order valence-electron chi connectivity index (χ4n) is 3.54. The van der Waals surface area contributed by atoms with Gasteiger partial charge in [-0.15, -0.1) is 5.10 Å². The van der Waals surface area contributed by atoms with Crippen LogP contribution in [0.2, 0.25) is 0 Å². The topological polar surface area (TPSA) is 102 Å². The molecule has 2 aromatic rings. The van der Waals surface area contributed by atoms with E-state index in [2.05, 4.69) is 33.3 Å². The number of carbonyl (C=O) groups is 2. The molecule has 27 heavy (non-hydrogen) atoms. The van der Waals surface area contributed by atoms with Crippen LogP contribution in [0.3, 0.4) is 0 Å². The standard InChI is InChI=1S/C19H26N6O2/c1-2-3-4-14-5-7-15(8-6-14)18(26)21-22-19(27)16-9-11-17(12-10-16)25-13-20-23-24-25/h9-15H,2-8H2,1H3,(H,21,26)(H,22,27). The number of unbranched alkanes of at least 4 members (excludes halogenated alkanes) is 1. The van der Waals surface area contributed by atoms with Crippen LogP contribution in [0, 0.1) is 11.8 Å². The Bertz CT molecular complexity index is 736. The average Bonchev–Trinajstić information content (AvgIpc) is 3.25. The normalized spacial score (nSPS) is 19.4. The fraction of sp³-hybridized carbons (Fsp3) is 0.526. The lowest BCUT2D eigenvalue weighted by Crippen LogP contribution is -2.45.